The molecule has 128 valence electrons. The number of fused-ring (bicyclic) bond motifs is 1. The maximum atomic E-state index is 12.7. The average molecular weight is 345 g/mol. The van der Waals surface area contributed by atoms with Gasteiger partial charge in [-0.1, -0.05) is 43.2 Å². The smallest absolute Gasteiger partial charge is 0.270 e. The summed E-state index contributed by atoms with van der Waals surface area (Å²) in [6.07, 6.45) is 1.95. The van der Waals surface area contributed by atoms with Crippen molar-refractivity contribution in [2.45, 2.75) is 44.9 Å². The standard InChI is InChI=1S/C18H23N3O2S/c1-4-5-12(3)21-17-15(18(23)20-21)16(24-10-14(22)19-17)13-8-6-11(2)7-9-13/h6-9,12,16H,4-5,10H2,1-3H3,(H,19,22)(H,20,23)/t12-,16+/m0/s1. The number of thioether (sulfide) groups is 1. The van der Waals surface area contributed by atoms with Crippen molar-refractivity contribution in [2.24, 2.45) is 0 Å². The predicted octanol–water partition coefficient (Wildman–Crippen LogP) is 3.62. The van der Waals surface area contributed by atoms with Crippen LogP contribution in [0.5, 0.6) is 0 Å². The van der Waals surface area contributed by atoms with Crippen LogP contribution in [0.3, 0.4) is 0 Å². The van der Waals surface area contributed by atoms with Crippen molar-refractivity contribution >= 4 is 23.5 Å². The highest BCUT2D eigenvalue weighted by Crippen LogP contribution is 2.40. The number of anilines is 1. The summed E-state index contributed by atoms with van der Waals surface area (Å²) < 4.78 is 1.83. The SMILES string of the molecule is CCC[C@H](C)n1[nH]c(=O)c2c1NC(=O)CS[C@@H]2c1ccc(C)cc1. The molecule has 0 aliphatic carbocycles. The van der Waals surface area contributed by atoms with Crippen LogP contribution in [0.25, 0.3) is 0 Å². The van der Waals surface area contributed by atoms with Gasteiger partial charge in [0.2, 0.25) is 5.91 Å². The molecule has 0 saturated carbocycles. The third-order valence-electron chi connectivity index (χ3n) is 4.39. The van der Waals surface area contributed by atoms with Crippen LogP contribution in [0.4, 0.5) is 5.82 Å². The van der Waals surface area contributed by atoms with Crippen LogP contribution >= 0.6 is 11.8 Å². The van der Waals surface area contributed by atoms with Crippen LogP contribution in [0, 0.1) is 6.92 Å². The first-order chi connectivity index (χ1) is 11.5. The summed E-state index contributed by atoms with van der Waals surface area (Å²) in [5, 5.41) is 5.73. The molecule has 0 fully saturated rings. The summed E-state index contributed by atoms with van der Waals surface area (Å²) in [4.78, 5) is 24.8. The second-order valence-electron chi connectivity index (χ2n) is 6.36. The number of amides is 1. The van der Waals surface area contributed by atoms with E-state index in [0.29, 0.717) is 17.1 Å². The molecule has 5 nitrogen and oxygen atoms in total. The highest BCUT2D eigenvalue weighted by atomic mass is 32.2. The first-order valence-corrected chi connectivity index (χ1v) is 9.38. The number of carbonyl (C=O) groups excluding carboxylic acids is 1. The molecular formula is C18H23N3O2S. The third kappa shape index (κ3) is 3.15. The molecule has 1 aliphatic rings. The van der Waals surface area contributed by atoms with E-state index in [0.717, 1.165) is 18.4 Å². The van der Waals surface area contributed by atoms with Crippen molar-refractivity contribution in [3.63, 3.8) is 0 Å². The number of hydrogen-bond donors (Lipinski definition) is 2. The monoisotopic (exact) mass is 345 g/mol. The molecule has 24 heavy (non-hydrogen) atoms. The van der Waals surface area contributed by atoms with Gasteiger partial charge in [-0.15, -0.1) is 11.8 Å². The lowest BCUT2D eigenvalue weighted by Gasteiger charge is -2.17. The minimum absolute atomic E-state index is 0.0627. The highest BCUT2D eigenvalue weighted by molar-refractivity contribution is 8.00. The summed E-state index contributed by atoms with van der Waals surface area (Å²) in [5.41, 5.74) is 2.76. The maximum Gasteiger partial charge on any atom is 0.270 e. The molecule has 6 heteroatoms. The van der Waals surface area contributed by atoms with E-state index in [4.69, 9.17) is 0 Å². The molecule has 2 N–H and O–H groups in total. The Bertz CT molecular complexity index is 792. The number of hydrogen-bond acceptors (Lipinski definition) is 3. The van der Waals surface area contributed by atoms with Gasteiger partial charge >= 0.3 is 0 Å². The van der Waals surface area contributed by atoms with Gasteiger partial charge in [0.1, 0.15) is 5.82 Å². The molecule has 1 aromatic heterocycles. The largest absolute Gasteiger partial charge is 0.310 e. The summed E-state index contributed by atoms with van der Waals surface area (Å²) >= 11 is 1.50. The Morgan fingerprint density at radius 2 is 2.00 bits per heavy atom. The highest BCUT2D eigenvalue weighted by Gasteiger charge is 2.31. The number of benzene rings is 1. The van der Waals surface area contributed by atoms with Crippen LogP contribution < -0.4 is 10.9 Å². The molecule has 0 radical (unpaired) electrons. The van der Waals surface area contributed by atoms with E-state index in [1.165, 1.54) is 17.3 Å². The fourth-order valence-corrected chi connectivity index (χ4v) is 4.25. The second kappa shape index (κ2) is 6.89. The fraction of sp³-hybridized carbons (Fsp3) is 0.444. The lowest BCUT2D eigenvalue weighted by Crippen LogP contribution is -2.18. The maximum absolute atomic E-state index is 12.7. The van der Waals surface area contributed by atoms with Crippen LogP contribution in [-0.2, 0) is 4.79 Å². The Labute approximate surface area is 145 Å². The molecule has 0 spiro atoms. The Morgan fingerprint density at radius 3 is 2.67 bits per heavy atom. The Morgan fingerprint density at radius 1 is 1.29 bits per heavy atom. The van der Waals surface area contributed by atoms with Crippen LogP contribution in [0.15, 0.2) is 29.1 Å². The van der Waals surface area contributed by atoms with Crippen molar-refractivity contribution in [3.8, 4) is 0 Å². The van der Waals surface area contributed by atoms with Crippen molar-refractivity contribution < 1.29 is 4.79 Å². The Hall–Kier alpha value is -1.95. The zero-order valence-electron chi connectivity index (χ0n) is 14.3. The number of nitrogens with zero attached hydrogens (tertiary/aromatic N) is 1. The van der Waals surface area contributed by atoms with Gasteiger partial charge in [0.05, 0.1) is 16.6 Å². The quantitative estimate of drug-likeness (QED) is 0.889. The van der Waals surface area contributed by atoms with E-state index in [1.807, 2.05) is 35.9 Å². The van der Waals surface area contributed by atoms with Crippen molar-refractivity contribution in [1.29, 1.82) is 0 Å². The first kappa shape index (κ1) is 16.9. The summed E-state index contributed by atoms with van der Waals surface area (Å²) in [6.45, 7) is 6.21. The molecule has 2 aromatic rings. The Kier molecular flexibility index (Phi) is 4.85. The van der Waals surface area contributed by atoms with Crippen LogP contribution in [0.2, 0.25) is 0 Å². The first-order valence-electron chi connectivity index (χ1n) is 8.33. The van der Waals surface area contributed by atoms with Gasteiger partial charge in [-0.25, -0.2) is 0 Å². The lowest BCUT2D eigenvalue weighted by molar-refractivity contribution is -0.113. The molecule has 3 rings (SSSR count). The number of H-pyrrole nitrogens is 1. The molecule has 1 aliphatic heterocycles. The number of aryl methyl sites for hydroxylation is 1. The third-order valence-corrected chi connectivity index (χ3v) is 5.66. The van der Waals surface area contributed by atoms with E-state index in [1.54, 1.807) is 0 Å². The van der Waals surface area contributed by atoms with Gasteiger partial charge in [-0.3, -0.25) is 19.4 Å². The molecule has 0 saturated heterocycles. The van der Waals surface area contributed by atoms with Gasteiger partial charge in [0.25, 0.3) is 5.56 Å². The minimum atomic E-state index is -0.140. The number of nitrogens with one attached hydrogen (secondary N) is 2. The average Bonchev–Trinajstić information content (AvgIpc) is 2.75. The lowest BCUT2D eigenvalue weighted by atomic mass is 10.0. The minimum Gasteiger partial charge on any atom is -0.310 e. The van der Waals surface area contributed by atoms with Gasteiger partial charge in [-0.2, -0.15) is 0 Å². The summed E-state index contributed by atoms with van der Waals surface area (Å²) in [5.74, 6) is 0.906. The topological polar surface area (TPSA) is 66.9 Å². The number of aromatic nitrogens is 2. The van der Waals surface area contributed by atoms with Crippen LogP contribution in [0.1, 0.15) is 54.7 Å². The number of aromatic amines is 1. The number of rotatable bonds is 4. The van der Waals surface area contributed by atoms with Gasteiger partial charge in [0.15, 0.2) is 0 Å². The van der Waals surface area contributed by atoms with Crippen molar-refractivity contribution in [1.82, 2.24) is 9.78 Å². The fourth-order valence-electron chi connectivity index (χ4n) is 3.13. The summed E-state index contributed by atoms with van der Waals surface area (Å²) in [6, 6.07) is 8.30. The summed E-state index contributed by atoms with van der Waals surface area (Å²) in [7, 11) is 0. The predicted molar refractivity (Wildman–Crippen MR) is 98.8 cm³/mol. The molecule has 0 unspecified atom stereocenters. The van der Waals surface area contributed by atoms with Crippen molar-refractivity contribution in [3.05, 3.63) is 51.3 Å². The van der Waals surface area contributed by atoms with Gasteiger partial charge in [-0.05, 0) is 25.8 Å². The molecule has 0 bridgehead atoms. The number of carbonyl (C=O) groups is 1. The zero-order chi connectivity index (χ0) is 17.3. The van der Waals surface area contributed by atoms with E-state index >= 15 is 0 Å². The molecule has 2 atom stereocenters. The van der Waals surface area contributed by atoms with E-state index in [-0.39, 0.29) is 22.8 Å². The molecular weight excluding hydrogens is 322 g/mol. The van der Waals surface area contributed by atoms with Gasteiger partial charge in [0, 0.05) is 6.04 Å². The molecule has 1 amide bonds. The van der Waals surface area contributed by atoms with Gasteiger partial charge < -0.3 is 5.32 Å². The molecule has 1 aromatic carbocycles. The van der Waals surface area contributed by atoms with Crippen molar-refractivity contribution in [2.75, 3.05) is 11.1 Å². The van der Waals surface area contributed by atoms with E-state index < -0.39 is 0 Å². The van der Waals surface area contributed by atoms with E-state index in [2.05, 4.69) is 24.3 Å². The second-order valence-corrected chi connectivity index (χ2v) is 7.45. The van der Waals surface area contributed by atoms with E-state index in [9.17, 15) is 9.59 Å². The zero-order valence-corrected chi connectivity index (χ0v) is 15.1. The molecule has 2 heterocycles. The van der Waals surface area contributed by atoms with Crippen LogP contribution in [-0.4, -0.2) is 21.4 Å². The Balaban J connectivity index is 2.11. The normalized spacial score (nSPS) is 18.6.